The first-order valence-electron chi connectivity index (χ1n) is 6.21. The summed E-state index contributed by atoms with van der Waals surface area (Å²) in [6.07, 6.45) is 2.65. The number of hydrogen-bond acceptors (Lipinski definition) is 3. The van der Waals surface area contributed by atoms with Gasteiger partial charge in [-0.25, -0.2) is 4.39 Å². The molecular weight excluding hydrogens is 247 g/mol. The Balaban J connectivity index is 2.05. The standard InChI is InChI=1S/C15H17FO3/c1-15(2,14-18-9-10-19-14)13(17)8-5-11-3-6-12(16)7-4-11/h3-8,14H,9-10H2,1-2H3. The largest absolute Gasteiger partial charge is 0.349 e. The zero-order valence-electron chi connectivity index (χ0n) is 11.1. The number of allylic oxidation sites excluding steroid dienone is 1. The molecule has 0 saturated carbocycles. The predicted octanol–water partition coefficient (Wildman–Crippen LogP) is 2.81. The highest BCUT2D eigenvalue weighted by molar-refractivity contribution is 5.97. The fourth-order valence-electron chi connectivity index (χ4n) is 1.85. The molecule has 1 aromatic carbocycles. The van der Waals surface area contributed by atoms with Gasteiger partial charge in [-0.1, -0.05) is 18.2 Å². The van der Waals surface area contributed by atoms with E-state index in [0.29, 0.717) is 13.2 Å². The normalized spacial score (nSPS) is 17.2. The van der Waals surface area contributed by atoms with Crippen molar-refractivity contribution in [3.8, 4) is 0 Å². The van der Waals surface area contributed by atoms with Crippen molar-refractivity contribution in [3.05, 3.63) is 41.7 Å². The lowest BCUT2D eigenvalue weighted by Crippen LogP contribution is -2.37. The summed E-state index contributed by atoms with van der Waals surface area (Å²) in [5.41, 5.74) is 0.0475. The van der Waals surface area contributed by atoms with E-state index in [2.05, 4.69) is 0 Å². The lowest BCUT2D eigenvalue weighted by molar-refractivity contribution is -0.150. The Labute approximate surface area is 112 Å². The second-order valence-electron chi connectivity index (χ2n) is 5.04. The fourth-order valence-corrected chi connectivity index (χ4v) is 1.85. The van der Waals surface area contributed by atoms with Crippen molar-refractivity contribution < 1.29 is 18.7 Å². The Morgan fingerprint density at radius 1 is 1.26 bits per heavy atom. The number of ketones is 1. The maximum absolute atomic E-state index is 12.8. The monoisotopic (exact) mass is 264 g/mol. The van der Waals surface area contributed by atoms with Crippen molar-refractivity contribution in [1.82, 2.24) is 0 Å². The topological polar surface area (TPSA) is 35.5 Å². The maximum atomic E-state index is 12.8. The van der Waals surface area contributed by atoms with Gasteiger partial charge in [0.1, 0.15) is 5.82 Å². The zero-order chi connectivity index (χ0) is 13.9. The van der Waals surface area contributed by atoms with Crippen molar-refractivity contribution in [3.63, 3.8) is 0 Å². The summed E-state index contributed by atoms with van der Waals surface area (Å²) in [6, 6.07) is 5.96. The van der Waals surface area contributed by atoms with Gasteiger partial charge in [0.15, 0.2) is 12.1 Å². The number of halogens is 1. The van der Waals surface area contributed by atoms with E-state index in [4.69, 9.17) is 9.47 Å². The van der Waals surface area contributed by atoms with Crippen LogP contribution in [-0.4, -0.2) is 25.3 Å². The molecule has 0 N–H and O–H groups in total. The summed E-state index contributed by atoms with van der Waals surface area (Å²) >= 11 is 0. The average molecular weight is 264 g/mol. The van der Waals surface area contributed by atoms with Crippen LogP contribution in [0.2, 0.25) is 0 Å². The van der Waals surface area contributed by atoms with Gasteiger partial charge in [0.25, 0.3) is 0 Å². The van der Waals surface area contributed by atoms with Crippen LogP contribution in [0.4, 0.5) is 4.39 Å². The number of carbonyl (C=O) groups is 1. The van der Waals surface area contributed by atoms with Crippen LogP contribution in [0.3, 0.4) is 0 Å². The van der Waals surface area contributed by atoms with E-state index in [1.54, 1.807) is 32.1 Å². The maximum Gasteiger partial charge on any atom is 0.170 e. The highest BCUT2D eigenvalue weighted by atomic mass is 19.1. The molecule has 19 heavy (non-hydrogen) atoms. The van der Waals surface area contributed by atoms with Gasteiger partial charge in [-0.3, -0.25) is 4.79 Å². The number of rotatable bonds is 4. The lowest BCUT2D eigenvalue weighted by Gasteiger charge is -2.26. The van der Waals surface area contributed by atoms with Crippen molar-refractivity contribution >= 4 is 11.9 Å². The quantitative estimate of drug-likeness (QED) is 0.784. The minimum Gasteiger partial charge on any atom is -0.349 e. The van der Waals surface area contributed by atoms with Crippen LogP contribution in [-0.2, 0) is 14.3 Å². The number of carbonyl (C=O) groups excluding carboxylic acids is 1. The third-order valence-electron chi connectivity index (χ3n) is 3.14. The Bertz CT molecular complexity index is 471. The van der Waals surface area contributed by atoms with E-state index < -0.39 is 11.7 Å². The van der Waals surface area contributed by atoms with Crippen LogP contribution < -0.4 is 0 Å². The molecule has 1 aliphatic heterocycles. The van der Waals surface area contributed by atoms with Gasteiger partial charge in [-0.15, -0.1) is 0 Å². The van der Waals surface area contributed by atoms with Crippen molar-refractivity contribution in [2.24, 2.45) is 5.41 Å². The van der Waals surface area contributed by atoms with Crippen LogP contribution in [0.25, 0.3) is 6.08 Å². The highest BCUT2D eigenvalue weighted by Gasteiger charge is 2.39. The molecule has 0 atom stereocenters. The van der Waals surface area contributed by atoms with Crippen molar-refractivity contribution in [2.75, 3.05) is 13.2 Å². The minimum absolute atomic E-state index is 0.0799. The van der Waals surface area contributed by atoms with Crippen molar-refractivity contribution in [2.45, 2.75) is 20.1 Å². The van der Waals surface area contributed by atoms with E-state index in [0.717, 1.165) is 5.56 Å². The predicted molar refractivity (Wildman–Crippen MR) is 69.9 cm³/mol. The molecule has 1 saturated heterocycles. The van der Waals surface area contributed by atoms with E-state index in [1.165, 1.54) is 18.2 Å². The molecule has 4 heteroatoms. The third-order valence-corrected chi connectivity index (χ3v) is 3.14. The second kappa shape index (κ2) is 5.63. The number of ether oxygens (including phenoxy) is 2. The molecule has 1 aromatic rings. The first kappa shape index (κ1) is 13.9. The first-order chi connectivity index (χ1) is 9.00. The molecule has 1 heterocycles. The smallest absolute Gasteiger partial charge is 0.170 e. The lowest BCUT2D eigenvalue weighted by atomic mass is 9.86. The number of benzene rings is 1. The van der Waals surface area contributed by atoms with Crippen LogP contribution in [0.1, 0.15) is 19.4 Å². The second-order valence-corrected chi connectivity index (χ2v) is 5.04. The zero-order valence-corrected chi connectivity index (χ0v) is 11.1. The summed E-state index contributed by atoms with van der Waals surface area (Å²) in [5.74, 6) is -0.375. The van der Waals surface area contributed by atoms with Gasteiger partial charge in [0, 0.05) is 0 Å². The average Bonchev–Trinajstić information content (AvgIpc) is 2.92. The summed E-state index contributed by atoms with van der Waals surface area (Å²) in [4.78, 5) is 12.2. The van der Waals surface area contributed by atoms with Crippen LogP contribution >= 0.6 is 0 Å². The summed E-state index contributed by atoms with van der Waals surface area (Å²) in [7, 11) is 0. The molecule has 1 fully saturated rings. The Morgan fingerprint density at radius 2 is 1.84 bits per heavy atom. The molecule has 2 rings (SSSR count). The molecular formula is C15H17FO3. The van der Waals surface area contributed by atoms with Crippen LogP contribution in [0.15, 0.2) is 30.3 Å². The van der Waals surface area contributed by atoms with Gasteiger partial charge < -0.3 is 9.47 Å². The Morgan fingerprint density at radius 3 is 2.42 bits per heavy atom. The fraction of sp³-hybridized carbons (Fsp3) is 0.400. The highest BCUT2D eigenvalue weighted by Crippen LogP contribution is 2.29. The number of hydrogen-bond donors (Lipinski definition) is 0. The van der Waals surface area contributed by atoms with E-state index in [1.807, 2.05) is 0 Å². The van der Waals surface area contributed by atoms with Crippen LogP contribution in [0.5, 0.6) is 0 Å². The minimum atomic E-state index is -0.729. The van der Waals surface area contributed by atoms with Gasteiger partial charge in [0.05, 0.1) is 18.6 Å². The summed E-state index contributed by atoms with van der Waals surface area (Å²) in [6.45, 7) is 4.62. The SMILES string of the molecule is CC(C)(C(=O)C=Cc1ccc(F)cc1)C1OCCO1. The Kier molecular flexibility index (Phi) is 4.12. The van der Waals surface area contributed by atoms with Gasteiger partial charge in [-0.05, 0) is 37.6 Å². The molecule has 0 aliphatic carbocycles. The summed E-state index contributed by atoms with van der Waals surface area (Å²) in [5, 5.41) is 0. The third kappa shape index (κ3) is 3.28. The molecule has 0 aromatic heterocycles. The molecule has 102 valence electrons. The van der Waals surface area contributed by atoms with Crippen molar-refractivity contribution in [1.29, 1.82) is 0 Å². The molecule has 0 radical (unpaired) electrons. The summed E-state index contributed by atoms with van der Waals surface area (Å²) < 4.78 is 23.5. The van der Waals surface area contributed by atoms with Gasteiger partial charge >= 0.3 is 0 Å². The molecule has 1 aliphatic rings. The molecule has 0 amide bonds. The van der Waals surface area contributed by atoms with Crippen LogP contribution in [0, 0.1) is 11.2 Å². The Hall–Kier alpha value is -1.52. The first-order valence-corrected chi connectivity index (χ1v) is 6.21. The molecule has 3 nitrogen and oxygen atoms in total. The molecule has 0 bridgehead atoms. The van der Waals surface area contributed by atoms with Gasteiger partial charge in [-0.2, -0.15) is 0 Å². The van der Waals surface area contributed by atoms with E-state index in [9.17, 15) is 9.18 Å². The molecule has 0 unspecified atom stereocenters. The van der Waals surface area contributed by atoms with E-state index >= 15 is 0 Å². The van der Waals surface area contributed by atoms with E-state index in [-0.39, 0.29) is 11.6 Å². The molecule has 0 spiro atoms. The van der Waals surface area contributed by atoms with Gasteiger partial charge in [0.2, 0.25) is 0 Å².